The van der Waals surface area contributed by atoms with Crippen molar-refractivity contribution in [2.45, 2.75) is 30.7 Å². The summed E-state index contributed by atoms with van der Waals surface area (Å²) < 4.78 is 28.2. The van der Waals surface area contributed by atoms with Gasteiger partial charge < -0.3 is 10.6 Å². The smallest absolute Gasteiger partial charge is 0.261 e. The largest absolute Gasteiger partial charge is 0.349 e. The van der Waals surface area contributed by atoms with Crippen LogP contribution in [0.1, 0.15) is 39.1 Å². The van der Waals surface area contributed by atoms with Crippen molar-refractivity contribution >= 4 is 44.8 Å². The molecule has 0 radical (unpaired) electrons. The molecule has 1 fully saturated rings. The highest BCUT2D eigenvalue weighted by molar-refractivity contribution is 7.92. The first kappa shape index (κ1) is 22.8. The second kappa shape index (κ2) is 9.25. The highest BCUT2D eigenvalue weighted by atomic mass is 35.5. The van der Waals surface area contributed by atoms with E-state index in [1.165, 1.54) is 18.2 Å². The van der Waals surface area contributed by atoms with Gasteiger partial charge in [-0.1, -0.05) is 29.8 Å². The van der Waals surface area contributed by atoms with Crippen molar-refractivity contribution in [3.05, 3.63) is 88.4 Å². The lowest BCUT2D eigenvalue weighted by Gasteiger charge is -2.12. The van der Waals surface area contributed by atoms with Crippen molar-refractivity contribution < 1.29 is 18.0 Å². The first-order chi connectivity index (χ1) is 15.7. The van der Waals surface area contributed by atoms with Crippen molar-refractivity contribution in [2.75, 3.05) is 10.0 Å². The molecule has 2 amide bonds. The fourth-order valence-corrected chi connectivity index (χ4v) is 4.48. The van der Waals surface area contributed by atoms with Gasteiger partial charge in [0, 0.05) is 23.0 Å². The van der Waals surface area contributed by atoms with E-state index in [4.69, 9.17) is 11.6 Å². The Morgan fingerprint density at radius 1 is 0.909 bits per heavy atom. The Morgan fingerprint density at radius 2 is 1.64 bits per heavy atom. The van der Waals surface area contributed by atoms with E-state index < -0.39 is 15.9 Å². The van der Waals surface area contributed by atoms with E-state index in [0.29, 0.717) is 16.9 Å². The molecule has 3 N–H and O–H groups in total. The van der Waals surface area contributed by atoms with Crippen LogP contribution in [0, 0.1) is 6.92 Å². The molecule has 0 spiro atoms. The van der Waals surface area contributed by atoms with Crippen molar-refractivity contribution in [2.24, 2.45) is 0 Å². The molecule has 1 aliphatic carbocycles. The van der Waals surface area contributed by atoms with Crippen molar-refractivity contribution in [1.29, 1.82) is 0 Å². The summed E-state index contributed by atoms with van der Waals surface area (Å²) in [6, 6.07) is 17.6. The average Bonchev–Trinajstić information content (AvgIpc) is 3.57. The van der Waals surface area contributed by atoms with Crippen LogP contribution in [0.25, 0.3) is 0 Å². The monoisotopic (exact) mass is 483 g/mol. The fourth-order valence-electron chi connectivity index (χ4n) is 3.20. The zero-order valence-corrected chi connectivity index (χ0v) is 19.3. The Morgan fingerprint density at radius 3 is 2.36 bits per heavy atom. The number of carbonyl (C=O) groups excluding carboxylic acids is 2. The Balaban J connectivity index is 1.54. The van der Waals surface area contributed by atoms with Gasteiger partial charge in [0.2, 0.25) is 0 Å². The van der Waals surface area contributed by atoms with Crippen LogP contribution in [-0.2, 0) is 10.0 Å². The molecule has 1 aliphatic rings. The Kier molecular flexibility index (Phi) is 6.40. The topological polar surface area (TPSA) is 104 Å². The molecule has 3 aromatic rings. The van der Waals surface area contributed by atoms with Crippen LogP contribution >= 0.6 is 11.6 Å². The molecular weight excluding hydrogens is 462 g/mol. The number of hydrogen-bond acceptors (Lipinski definition) is 4. The molecular formula is C24H22ClN3O4S. The Labute approximate surface area is 197 Å². The van der Waals surface area contributed by atoms with E-state index >= 15 is 0 Å². The summed E-state index contributed by atoms with van der Waals surface area (Å²) in [5.41, 5.74) is 2.13. The molecule has 0 atom stereocenters. The average molecular weight is 484 g/mol. The first-order valence-electron chi connectivity index (χ1n) is 10.3. The summed E-state index contributed by atoms with van der Waals surface area (Å²) in [5.74, 6) is -0.797. The molecule has 0 saturated heterocycles. The molecule has 0 unspecified atom stereocenters. The van der Waals surface area contributed by atoms with Gasteiger partial charge in [0.05, 0.1) is 15.5 Å². The molecule has 9 heteroatoms. The molecule has 0 heterocycles. The van der Waals surface area contributed by atoms with E-state index in [9.17, 15) is 18.0 Å². The van der Waals surface area contributed by atoms with Gasteiger partial charge in [-0.05, 0) is 73.9 Å². The molecule has 7 nitrogen and oxygen atoms in total. The van der Waals surface area contributed by atoms with Crippen molar-refractivity contribution in [1.82, 2.24) is 5.32 Å². The molecule has 4 rings (SSSR count). The molecule has 170 valence electrons. The van der Waals surface area contributed by atoms with E-state index in [2.05, 4.69) is 15.4 Å². The number of halogens is 1. The second-order valence-corrected chi connectivity index (χ2v) is 9.99. The number of sulfonamides is 1. The van der Waals surface area contributed by atoms with Gasteiger partial charge in [-0.2, -0.15) is 0 Å². The van der Waals surface area contributed by atoms with Gasteiger partial charge >= 0.3 is 0 Å². The standard InChI is InChI=1S/C24H22ClN3O4S/c1-15-4-2-7-19(12-15)28-33(31,32)20-10-11-22(25)21(14-20)24(30)27-18-6-3-5-16(13-18)23(29)26-17-8-9-17/h2-7,10-14,17,28H,8-9H2,1H3,(H,26,29)(H,27,30). The number of nitrogens with one attached hydrogen (secondary N) is 3. The van der Waals surface area contributed by atoms with Crippen LogP contribution in [0.3, 0.4) is 0 Å². The van der Waals surface area contributed by atoms with Crippen molar-refractivity contribution in [3.8, 4) is 0 Å². The summed E-state index contributed by atoms with van der Waals surface area (Å²) in [6.07, 6.45) is 1.94. The maximum atomic E-state index is 12.9. The summed E-state index contributed by atoms with van der Waals surface area (Å²) in [5, 5.41) is 5.67. The molecule has 1 saturated carbocycles. The number of amides is 2. The van der Waals surface area contributed by atoms with Gasteiger partial charge in [0.15, 0.2) is 0 Å². The maximum absolute atomic E-state index is 12.9. The number of hydrogen-bond donors (Lipinski definition) is 3. The SMILES string of the molecule is Cc1cccc(NS(=O)(=O)c2ccc(Cl)c(C(=O)Nc3cccc(C(=O)NC4CC4)c3)c2)c1. The zero-order valence-electron chi connectivity index (χ0n) is 17.8. The molecule has 0 aromatic heterocycles. The van der Waals surface area contributed by atoms with E-state index in [1.807, 2.05) is 13.0 Å². The van der Waals surface area contributed by atoms with Gasteiger partial charge in [-0.3, -0.25) is 14.3 Å². The summed E-state index contributed by atoms with van der Waals surface area (Å²) >= 11 is 6.19. The van der Waals surface area contributed by atoms with Gasteiger partial charge in [-0.15, -0.1) is 0 Å². The Hall–Kier alpha value is -3.36. The van der Waals surface area contributed by atoms with E-state index in [0.717, 1.165) is 18.4 Å². The highest BCUT2D eigenvalue weighted by Crippen LogP contribution is 2.24. The summed E-state index contributed by atoms with van der Waals surface area (Å²) in [7, 11) is -3.94. The molecule has 0 aliphatic heterocycles. The van der Waals surface area contributed by atoms with Gasteiger partial charge in [-0.25, -0.2) is 8.42 Å². The number of carbonyl (C=O) groups is 2. The highest BCUT2D eigenvalue weighted by Gasteiger charge is 2.24. The number of anilines is 2. The van der Waals surface area contributed by atoms with Crippen LogP contribution in [0.15, 0.2) is 71.6 Å². The molecule has 33 heavy (non-hydrogen) atoms. The lowest BCUT2D eigenvalue weighted by atomic mass is 10.1. The first-order valence-corrected chi connectivity index (χ1v) is 12.2. The van der Waals surface area contributed by atoms with Gasteiger partial charge in [0.1, 0.15) is 0 Å². The summed E-state index contributed by atoms with van der Waals surface area (Å²) in [4.78, 5) is 25.0. The third-order valence-corrected chi connectivity index (χ3v) is 6.77. The van der Waals surface area contributed by atoms with Crippen LogP contribution in [-0.4, -0.2) is 26.3 Å². The maximum Gasteiger partial charge on any atom is 0.261 e. The van der Waals surface area contributed by atoms with Crippen LogP contribution in [0.2, 0.25) is 5.02 Å². The lowest BCUT2D eigenvalue weighted by Crippen LogP contribution is -2.25. The predicted octanol–water partition coefficient (Wildman–Crippen LogP) is 4.59. The van der Waals surface area contributed by atoms with E-state index in [-0.39, 0.29) is 27.4 Å². The normalized spacial score (nSPS) is 13.3. The lowest BCUT2D eigenvalue weighted by molar-refractivity contribution is 0.0949. The Bertz CT molecular complexity index is 1340. The number of benzene rings is 3. The van der Waals surface area contributed by atoms with Crippen molar-refractivity contribution in [3.63, 3.8) is 0 Å². The van der Waals surface area contributed by atoms with E-state index in [1.54, 1.807) is 42.5 Å². The van der Waals surface area contributed by atoms with Crippen LogP contribution < -0.4 is 15.4 Å². The van der Waals surface area contributed by atoms with Crippen LogP contribution in [0.4, 0.5) is 11.4 Å². The predicted molar refractivity (Wildman–Crippen MR) is 128 cm³/mol. The molecule has 3 aromatic carbocycles. The minimum Gasteiger partial charge on any atom is -0.349 e. The van der Waals surface area contributed by atoms with Gasteiger partial charge in [0.25, 0.3) is 21.8 Å². The number of aryl methyl sites for hydroxylation is 1. The third-order valence-electron chi connectivity index (χ3n) is 5.06. The fraction of sp³-hybridized carbons (Fsp3) is 0.167. The third kappa shape index (κ3) is 5.71. The zero-order chi connectivity index (χ0) is 23.6. The summed E-state index contributed by atoms with van der Waals surface area (Å²) in [6.45, 7) is 1.85. The second-order valence-electron chi connectivity index (χ2n) is 7.90. The molecule has 0 bridgehead atoms. The quantitative estimate of drug-likeness (QED) is 0.457. The van der Waals surface area contributed by atoms with Crippen LogP contribution in [0.5, 0.6) is 0 Å². The minimum absolute atomic E-state index is 0.00313. The number of rotatable bonds is 7. The minimum atomic E-state index is -3.94.